The van der Waals surface area contributed by atoms with Crippen LogP contribution >= 0.6 is 0 Å². The van der Waals surface area contributed by atoms with Gasteiger partial charge in [-0.25, -0.2) is 0 Å². The van der Waals surface area contributed by atoms with E-state index in [2.05, 4.69) is 19.2 Å². The van der Waals surface area contributed by atoms with Crippen LogP contribution in [0.15, 0.2) is 0 Å². The Morgan fingerprint density at radius 3 is 1.84 bits per heavy atom. The van der Waals surface area contributed by atoms with Gasteiger partial charge in [0.15, 0.2) is 5.78 Å². The van der Waals surface area contributed by atoms with Crippen molar-refractivity contribution >= 4 is 11.7 Å². The monoisotopic (exact) mass is 268 g/mol. The summed E-state index contributed by atoms with van der Waals surface area (Å²) in [4.78, 5) is 26.7. The predicted octanol–water partition coefficient (Wildman–Crippen LogP) is 1.98. The van der Waals surface area contributed by atoms with E-state index in [9.17, 15) is 9.59 Å². The molecule has 0 aromatic carbocycles. The van der Waals surface area contributed by atoms with Crippen molar-refractivity contribution in [1.82, 2.24) is 10.2 Å². The Bertz CT molecular complexity index is 424. The highest BCUT2D eigenvalue weighted by atomic mass is 16.2. The van der Waals surface area contributed by atoms with E-state index < -0.39 is 16.6 Å². The van der Waals surface area contributed by atoms with Crippen molar-refractivity contribution in [2.24, 2.45) is 5.41 Å². The number of amides is 1. The zero-order valence-electron chi connectivity index (χ0n) is 13.8. The molecule has 1 aliphatic rings. The summed E-state index contributed by atoms with van der Waals surface area (Å²) in [6, 6.07) is 0. The van der Waals surface area contributed by atoms with Gasteiger partial charge in [0, 0.05) is 11.0 Å². The lowest BCUT2D eigenvalue weighted by Gasteiger charge is -2.48. The second kappa shape index (κ2) is 4.05. The van der Waals surface area contributed by atoms with Crippen molar-refractivity contribution in [2.45, 2.75) is 72.0 Å². The molecule has 1 saturated heterocycles. The van der Waals surface area contributed by atoms with E-state index in [-0.39, 0.29) is 17.1 Å². The van der Waals surface area contributed by atoms with Gasteiger partial charge in [-0.2, -0.15) is 0 Å². The van der Waals surface area contributed by atoms with Crippen molar-refractivity contribution in [3.05, 3.63) is 0 Å². The number of nitrogens with one attached hydrogen (secondary N) is 1. The number of hydrogen-bond donors (Lipinski definition) is 1. The number of carbonyl (C=O) groups excluding carboxylic acids is 2. The Morgan fingerprint density at radius 1 is 1.16 bits per heavy atom. The van der Waals surface area contributed by atoms with Gasteiger partial charge < -0.3 is 10.2 Å². The minimum atomic E-state index is -0.799. The average molecular weight is 268 g/mol. The molecule has 1 amide bonds. The van der Waals surface area contributed by atoms with Crippen LogP contribution in [0.2, 0.25) is 0 Å². The lowest BCUT2D eigenvalue weighted by molar-refractivity contribution is -0.148. The molecule has 0 aliphatic carbocycles. The van der Waals surface area contributed by atoms with Crippen molar-refractivity contribution in [3.8, 4) is 0 Å². The Kier molecular flexibility index (Phi) is 3.44. The van der Waals surface area contributed by atoms with Gasteiger partial charge in [0.25, 0.3) is 0 Å². The molecule has 4 nitrogen and oxygen atoms in total. The molecular formula is C15H28N2O2. The Hall–Kier alpha value is -0.900. The predicted molar refractivity (Wildman–Crippen MR) is 76.9 cm³/mol. The maximum atomic E-state index is 13.0. The first-order chi connectivity index (χ1) is 8.28. The van der Waals surface area contributed by atoms with Gasteiger partial charge in [-0.15, -0.1) is 0 Å². The number of rotatable bonds is 3. The molecule has 0 aromatic heterocycles. The first-order valence-electron chi connectivity index (χ1n) is 6.83. The largest absolute Gasteiger partial charge is 0.323 e. The summed E-state index contributed by atoms with van der Waals surface area (Å²) in [5.41, 5.74) is -2.20. The second-order valence-corrected chi connectivity index (χ2v) is 7.31. The van der Waals surface area contributed by atoms with Gasteiger partial charge in [-0.1, -0.05) is 13.8 Å². The number of ketones is 1. The number of likely N-dealkylation sites (tertiary alicyclic amines) is 1. The van der Waals surface area contributed by atoms with Crippen LogP contribution in [0.3, 0.4) is 0 Å². The minimum absolute atomic E-state index is 0.00470. The Labute approximate surface area is 116 Å². The normalized spacial score (nSPS) is 29.7. The second-order valence-electron chi connectivity index (χ2n) is 7.31. The van der Waals surface area contributed by atoms with Crippen LogP contribution < -0.4 is 5.32 Å². The van der Waals surface area contributed by atoms with E-state index in [1.807, 2.05) is 34.6 Å². The van der Waals surface area contributed by atoms with Crippen LogP contribution in [0.1, 0.15) is 55.4 Å². The number of hydrogen-bond acceptors (Lipinski definition) is 3. The third-order valence-corrected chi connectivity index (χ3v) is 5.89. The van der Waals surface area contributed by atoms with Crippen LogP contribution in [-0.4, -0.2) is 40.3 Å². The number of nitrogens with zero attached hydrogens (tertiary/aromatic N) is 1. The maximum Gasteiger partial charge on any atom is 0.244 e. The lowest BCUT2D eigenvalue weighted by atomic mass is 9.65. The topological polar surface area (TPSA) is 49.4 Å². The highest BCUT2D eigenvalue weighted by molar-refractivity contribution is 5.97. The van der Waals surface area contributed by atoms with E-state index in [1.165, 1.54) is 0 Å². The third-order valence-electron chi connectivity index (χ3n) is 5.89. The molecule has 1 heterocycles. The molecule has 19 heavy (non-hydrogen) atoms. The maximum absolute atomic E-state index is 13.0. The van der Waals surface area contributed by atoms with Crippen LogP contribution in [0.4, 0.5) is 0 Å². The van der Waals surface area contributed by atoms with Crippen LogP contribution in [0, 0.1) is 5.41 Å². The minimum Gasteiger partial charge on any atom is -0.323 e. The molecule has 1 fully saturated rings. The summed E-state index contributed by atoms with van der Waals surface area (Å²) < 4.78 is 0. The van der Waals surface area contributed by atoms with E-state index in [4.69, 9.17) is 0 Å². The van der Waals surface area contributed by atoms with Crippen molar-refractivity contribution in [3.63, 3.8) is 0 Å². The SMILES string of the molecule is CNC1(C)C(=O)N(C(C)(C)C(C)=O)C(C)(C)C1(C)C. The number of Topliss-reactive ketones (excluding diaryl/α,β-unsaturated/α-hetero) is 1. The molecule has 0 bridgehead atoms. The standard InChI is InChI=1S/C15H28N2O2/c1-10(18)12(2,3)17-11(19)15(8,16-9)13(4,5)14(17,6)7/h16H,1-9H3. The van der Waals surface area contributed by atoms with Crippen LogP contribution in [0.5, 0.6) is 0 Å². The molecule has 0 saturated carbocycles. The molecular weight excluding hydrogens is 240 g/mol. The molecule has 0 aromatic rings. The number of carbonyl (C=O) groups is 2. The van der Waals surface area contributed by atoms with Gasteiger partial charge in [-0.3, -0.25) is 9.59 Å². The molecule has 110 valence electrons. The van der Waals surface area contributed by atoms with Crippen molar-refractivity contribution in [1.29, 1.82) is 0 Å². The van der Waals surface area contributed by atoms with Crippen molar-refractivity contribution < 1.29 is 9.59 Å². The quantitative estimate of drug-likeness (QED) is 0.851. The summed E-state index contributed by atoms with van der Waals surface area (Å²) in [5, 5.41) is 3.17. The third kappa shape index (κ3) is 1.69. The average Bonchev–Trinajstić information content (AvgIpc) is 2.35. The summed E-state index contributed by atoms with van der Waals surface area (Å²) in [6.45, 7) is 15.4. The summed E-state index contributed by atoms with van der Waals surface area (Å²) in [7, 11) is 1.81. The molecule has 1 rings (SSSR count). The number of likely N-dealkylation sites (N-methyl/N-ethyl adjacent to an activating group) is 1. The molecule has 1 N–H and O–H groups in total. The van der Waals surface area contributed by atoms with Gasteiger partial charge >= 0.3 is 0 Å². The molecule has 0 spiro atoms. The fourth-order valence-corrected chi connectivity index (χ4v) is 3.17. The zero-order valence-corrected chi connectivity index (χ0v) is 13.8. The highest BCUT2D eigenvalue weighted by Gasteiger charge is 2.68. The molecule has 1 unspecified atom stereocenters. The molecule has 1 aliphatic heterocycles. The van der Waals surface area contributed by atoms with E-state index in [1.54, 1.807) is 18.9 Å². The lowest BCUT2D eigenvalue weighted by Crippen LogP contribution is -2.60. The molecule has 0 radical (unpaired) electrons. The van der Waals surface area contributed by atoms with E-state index in [0.717, 1.165) is 0 Å². The van der Waals surface area contributed by atoms with E-state index in [0.29, 0.717) is 0 Å². The van der Waals surface area contributed by atoms with Gasteiger partial charge in [-0.05, 0) is 48.6 Å². The summed E-state index contributed by atoms with van der Waals surface area (Å²) in [5.74, 6) is -0.00437. The Morgan fingerprint density at radius 2 is 1.58 bits per heavy atom. The molecule has 4 heteroatoms. The highest BCUT2D eigenvalue weighted by Crippen LogP contribution is 2.53. The smallest absolute Gasteiger partial charge is 0.244 e. The first-order valence-corrected chi connectivity index (χ1v) is 6.83. The fraction of sp³-hybridized carbons (Fsp3) is 0.867. The zero-order chi connectivity index (χ0) is 15.4. The fourth-order valence-electron chi connectivity index (χ4n) is 3.17. The van der Waals surface area contributed by atoms with Gasteiger partial charge in [0.1, 0.15) is 5.54 Å². The van der Waals surface area contributed by atoms with Crippen LogP contribution in [0.25, 0.3) is 0 Å². The Balaban J connectivity index is 3.54. The van der Waals surface area contributed by atoms with Gasteiger partial charge in [0.05, 0.1) is 5.54 Å². The first kappa shape index (κ1) is 16.2. The molecule has 1 atom stereocenters. The van der Waals surface area contributed by atoms with Crippen LogP contribution in [-0.2, 0) is 9.59 Å². The van der Waals surface area contributed by atoms with E-state index >= 15 is 0 Å². The summed E-state index contributed by atoms with van der Waals surface area (Å²) in [6.07, 6.45) is 0. The van der Waals surface area contributed by atoms with Gasteiger partial charge in [0.2, 0.25) is 5.91 Å². The summed E-state index contributed by atoms with van der Waals surface area (Å²) >= 11 is 0. The van der Waals surface area contributed by atoms with Crippen molar-refractivity contribution in [2.75, 3.05) is 7.05 Å².